The van der Waals surface area contributed by atoms with Gasteiger partial charge in [-0.2, -0.15) is 0 Å². The Morgan fingerprint density at radius 2 is 2.15 bits per heavy atom. The number of nitrogens with zero attached hydrogens (tertiary/aromatic N) is 1. The first kappa shape index (κ1) is 19.0. The van der Waals surface area contributed by atoms with E-state index in [1.807, 2.05) is 0 Å². The van der Waals surface area contributed by atoms with Crippen molar-refractivity contribution in [3.8, 4) is 0 Å². The summed E-state index contributed by atoms with van der Waals surface area (Å²) in [6, 6.07) is 6.25. The van der Waals surface area contributed by atoms with Crippen molar-refractivity contribution in [1.29, 1.82) is 0 Å². The van der Waals surface area contributed by atoms with Crippen LogP contribution in [-0.2, 0) is 14.8 Å². The molecule has 26 heavy (non-hydrogen) atoms. The van der Waals surface area contributed by atoms with Crippen molar-refractivity contribution in [2.24, 2.45) is 5.92 Å². The molecule has 2 heterocycles. The summed E-state index contributed by atoms with van der Waals surface area (Å²) in [4.78, 5) is 16.8. The van der Waals surface area contributed by atoms with Gasteiger partial charge in [0.2, 0.25) is 15.6 Å². The molecule has 8 heteroatoms. The van der Waals surface area contributed by atoms with Crippen LogP contribution in [0.4, 0.5) is 0 Å². The predicted molar refractivity (Wildman–Crippen MR) is 101 cm³/mol. The lowest BCUT2D eigenvalue weighted by Gasteiger charge is -2.16. The van der Waals surface area contributed by atoms with Crippen LogP contribution in [0.1, 0.15) is 12.0 Å². The standard InChI is InChI=1S/C18H25N3O4S/c1-13-9-18(22)20-17-4-3-15(10-16(13)17)26(23,24)19-11-14-5-6-21(12-14)7-8-25-2/h3-4,9-10,14,19H,5-8,11-12H2,1-2H3,(H,20,22)/t14-/m1/s1. The molecule has 1 aliphatic heterocycles. The molecule has 0 aliphatic carbocycles. The Labute approximate surface area is 153 Å². The van der Waals surface area contributed by atoms with Crippen LogP contribution in [0.15, 0.2) is 34.0 Å². The summed E-state index contributed by atoms with van der Waals surface area (Å²) in [5.74, 6) is 0.306. The lowest BCUT2D eigenvalue weighted by Crippen LogP contribution is -2.31. The number of aryl methyl sites for hydroxylation is 1. The number of fused-ring (bicyclic) bond motifs is 1. The van der Waals surface area contributed by atoms with E-state index in [1.165, 1.54) is 12.1 Å². The number of rotatable bonds is 7. The number of methoxy groups -OCH3 is 1. The molecule has 0 radical (unpaired) electrons. The second-order valence-corrected chi connectivity index (χ2v) is 8.59. The van der Waals surface area contributed by atoms with Crippen molar-refractivity contribution in [2.45, 2.75) is 18.2 Å². The van der Waals surface area contributed by atoms with Crippen LogP contribution < -0.4 is 10.3 Å². The van der Waals surface area contributed by atoms with Crippen LogP contribution in [0.3, 0.4) is 0 Å². The van der Waals surface area contributed by atoms with Gasteiger partial charge in [-0.3, -0.25) is 4.79 Å². The molecule has 0 amide bonds. The fraction of sp³-hybridized carbons (Fsp3) is 0.500. The second kappa shape index (κ2) is 7.87. The van der Waals surface area contributed by atoms with E-state index in [9.17, 15) is 13.2 Å². The van der Waals surface area contributed by atoms with Gasteiger partial charge >= 0.3 is 0 Å². The molecule has 1 saturated heterocycles. The van der Waals surface area contributed by atoms with Gasteiger partial charge in [0.15, 0.2) is 0 Å². The second-order valence-electron chi connectivity index (χ2n) is 6.82. The van der Waals surface area contributed by atoms with Gasteiger partial charge in [0.1, 0.15) is 0 Å². The molecule has 1 aliphatic rings. The van der Waals surface area contributed by atoms with E-state index in [0.29, 0.717) is 24.6 Å². The van der Waals surface area contributed by atoms with Gasteiger partial charge in [-0.1, -0.05) is 0 Å². The number of hydrogen-bond acceptors (Lipinski definition) is 5. The fourth-order valence-corrected chi connectivity index (χ4v) is 4.52. The molecule has 1 aromatic heterocycles. The third-order valence-corrected chi connectivity index (χ3v) is 6.30. The summed E-state index contributed by atoms with van der Waals surface area (Å²) in [5.41, 5.74) is 1.20. The lowest BCUT2D eigenvalue weighted by molar-refractivity contribution is 0.159. The van der Waals surface area contributed by atoms with Crippen LogP contribution in [0.2, 0.25) is 0 Å². The minimum absolute atomic E-state index is 0.192. The highest BCUT2D eigenvalue weighted by Crippen LogP contribution is 2.20. The van der Waals surface area contributed by atoms with Gasteiger partial charge < -0.3 is 14.6 Å². The third-order valence-electron chi connectivity index (χ3n) is 4.88. The first-order valence-corrected chi connectivity index (χ1v) is 10.2. The Morgan fingerprint density at radius 3 is 2.92 bits per heavy atom. The number of ether oxygens (including phenoxy) is 1. The maximum atomic E-state index is 12.6. The molecule has 7 nitrogen and oxygen atoms in total. The quantitative estimate of drug-likeness (QED) is 0.751. The third kappa shape index (κ3) is 4.32. The Hall–Kier alpha value is -1.74. The highest BCUT2D eigenvalue weighted by Gasteiger charge is 2.24. The van der Waals surface area contributed by atoms with E-state index < -0.39 is 10.0 Å². The molecule has 0 unspecified atom stereocenters. The molecule has 142 valence electrons. The summed E-state index contributed by atoms with van der Waals surface area (Å²) < 4.78 is 33.1. The van der Waals surface area contributed by atoms with Crippen molar-refractivity contribution in [3.63, 3.8) is 0 Å². The number of aromatic nitrogens is 1. The summed E-state index contributed by atoms with van der Waals surface area (Å²) in [6.45, 7) is 5.64. The molecule has 1 aromatic carbocycles. The van der Waals surface area contributed by atoms with Crippen molar-refractivity contribution in [2.75, 3.05) is 39.9 Å². The van der Waals surface area contributed by atoms with Gasteiger partial charge in [-0.05, 0) is 49.6 Å². The van der Waals surface area contributed by atoms with Crippen molar-refractivity contribution in [1.82, 2.24) is 14.6 Å². The number of sulfonamides is 1. The number of H-pyrrole nitrogens is 1. The zero-order chi connectivity index (χ0) is 18.7. The van der Waals surface area contributed by atoms with Crippen LogP contribution in [0.5, 0.6) is 0 Å². The van der Waals surface area contributed by atoms with Gasteiger partial charge in [0.25, 0.3) is 0 Å². The van der Waals surface area contributed by atoms with E-state index in [1.54, 1.807) is 26.2 Å². The van der Waals surface area contributed by atoms with Gasteiger partial charge in [-0.15, -0.1) is 0 Å². The minimum atomic E-state index is -3.59. The maximum absolute atomic E-state index is 12.6. The Morgan fingerprint density at radius 1 is 1.35 bits per heavy atom. The van der Waals surface area contributed by atoms with Crippen LogP contribution in [0, 0.1) is 12.8 Å². The Kier molecular flexibility index (Phi) is 5.76. The van der Waals surface area contributed by atoms with Gasteiger partial charge in [0, 0.05) is 43.7 Å². The summed E-state index contributed by atoms with van der Waals surface area (Å²) in [5, 5.41) is 0.735. The molecule has 0 spiro atoms. The Balaban J connectivity index is 1.69. The average Bonchev–Trinajstić information content (AvgIpc) is 3.06. The first-order chi connectivity index (χ1) is 12.4. The Bertz CT molecular complexity index is 939. The van der Waals surface area contributed by atoms with Gasteiger partial charge in [0.05, 0.1) is 11.5 Å². The fourth-order valence-electron chi connectivity index (χ4n) is 3.38. The molecule has 1 fully saturated rings. The summed E-state index contributed by atoms with van der Waals surface area (Å²) >= 11 is 0. The molecule has 1 atom stereocenters. The SMILES string of the molecule is COCCN1CC[C@H](CNS(=O)(=O)c2ccc3[nH]c(=O)cc(C)c3c2)C1. The number of pyridine rings is 1. The number of nitrogens with one attached hydrogen (secondary N) is 2. The van der Waals surface area contributed by atoms with Crippen LogP contribution in [-0.4, -0.2) is 58.2 Å². The molecule has 3 rings (SSSR count). The average molecular weight is 379 g/mol. The van der Waals surface area contributed by atoms with Crippen molar-refractivity contribution >= 4 is 20.9 Å². The first-order valence-electron chi connectivity index (χ1n) is 8.73. The molecule has 2 aromatic rings. The van der Waals surface area contributed by atoms with Crippen molar-refractivity contribution in [3.05, 3.63) is 40.2 Å². The van der Waals surface area contributed by atoms with Crippen LogP contribution in [0.25, 0.3) is 10.9 Å². The van der Waals surface area contributed by atoms with E-state index in [0.717, 1.165) is 37.0 Å². The van der Waals surface area contributed by atoms with Crippen LogP contribution >= 0.6 is 0 Å². The number of hydrogen-bond donors (Lipinski definition) is 2. The smallest absolute Gasteiger partial charge is 0.248 e. The molecule has 0 saturated carbocycles. The van der Waals surface area contributed by atoms with E-state index in [4.69, 9.17) is 4.74 Å². The monoisotopic (exact) mass is 379 g/mol. The number of likely N-dealkylation sites (tertiary alicyclic amines) is 1. The normalized spacial score (nSPS) is 18.6. The molecule has 0 bridgehead atoms. The largest absolute Gasteiger partial charge is 0.383 e. The van der Waals surface area contributed by atoms with Crippen molar-refractivity contribution < 1.29 is 13.2 Å². The highest BCUT2D eigenvalue weighted by molar-refractivity contribution is 7.89. The molecular formula is C18H25N3O4S. The topological polar surface area (TPSA) is 91.5 Å². The number of aromatic amines is 1. The highest BCUT2D eigenvalue weighted by atomic mass is 32.2. The zero-order valence-corrected chi connectivity index (χ0v) is 15.9. The van der Waals surface area contributed by atoms with E-state index in [-0.39, 0.29) is 10.5 Å². The summed E-state index contributed by atoms with van der Waals surface area (Å²) in [7, 11) is -1.90. The number of benzene rings is 1. The maximum Gasteiger partial charge on any atom is 0.248 e. The van der Waals surface area contributed by atoms with Gasteiger partial charge in [-0.25, -0.2) is 13.1 Å². The lowest BCUT2D eigenvalue weighted by atomic mass is 10.1. The van der Waals surface area contributed by atoms with E-state index in [2.05, 4.69) is 14.6 Å². The molecule has 2 N–H and O–H groups in total. The predicted octanol–water partition coefficient (Wildman–Crippen LogP) is 1.08. The molecular weight excluding hydrogens is 354 g/mol. The minimum Gasteiger partial charge on any atom is -0.383 e. The zero-order valence-electron chi connectivity index (χ0n) is 15.1. The summed E-state index contributed by atoms with van der Waals surface area (Å²) in [6.07, 6.45) is 0.976. The van der Waals surface area contributed by atoms with E-state index >= 15 is 0 Å².